The Morgan fingerprint density at radius 1 is 1.19 bits per heavy atom. The van der Waals surface area contributed by atoms with E-state index in [0.717, 1.165) is 18.5 Å². The first-order chi connectivity index (χ1) is 7.47. The second-order valence-corrected chi connectivity index (χ2v) is 5.11. The molecular weight excluding hydrogens is 225 g/mol. The minimum absolute atomic E-state index is 0.300. The molecular formula is C13H19ClFN. The molecule has 1 atom stereocenters. The van der Waals surface area contributed by atoms with E-state index in [1.165, 1.54) is 12.1 Å². The van der Waals surface area contributed by atoms with Gasteiger partial charge in [-0.1, -0.05) is 25.4 Å². The molecule has 0 heterocycles. The first-order valence-corrected chi connectivity index (χ1v) is 6.08. The lowest BCUT2D eigenvalue weighted by Gasteiger charge is -2.16. The summed E-state index contributed by atoms with van der Waals surface area (Å²) in [5, 5.41) is 3.68. The summed E-state index contributed by atoms with van der Waals surface area (Å²) < 4.78 is 13.1. The summed E-state index contributed by atoms with van der Waals surface area (Å²) in [6, 6.07) is 4.86. The van der Waals surface area contributed by atoms with Gasteiger partial charge in [-0.25, -0.2) is 4.39 Å². The highest BCUT2D eigenvalue weighted by molar-refractivity contribution is 6.30. The molecule has 0 radical (unpaired) electrons. The van der Waals surface area contributed by atoms with Crippen LogP contribution in [0.1, 0.15) is 33.6 Å². The summed E-state index contributed by atoms with van der Waals surface area (Å²) in [5.74, 6) is 0.395. The Morgan fingerprint density at radius 3 is 2.44 bits per heavy atom. The van der Waals surface area contributed by atoms with Crippen molar-refractivity contribution in [1.82, 2.24) is 0 Å². The molecule has 0 bridgehead atoms. The Hall–Kier alpha value is -0.760. The molecule has 1 rings (SSSR count). The van der Waals surface area contributed by atoms with Gasteiger partial charge >= 0.3 is 0 Å². The lowest BCUT2D eigenvalue weighted by molar-refractivity contribution is 0.527. The standard InChI is InChI=1S/C13H19ClFN/c1-9(2)4-5-10(3)16-13-7-11(14)6-12(15)8-13/h6-10,16H,4-5H2,1-3H3. The van der Waals surface area contributed by atoms with Crippen LogP contribution in [0.4, 0.5) is 10.1 Å². The maximum absolute atomic E-state index is 13.1. The molecule has 0 aliphatic heterocycles. The number of hydrogen-bond donors (Lipinski definition) is 1. The van der Waals surface area contributed by atoms with Crippen molar-refractivity contribution in [3.63, 3.8) is 0 Å². The van der Waals surface area contributed by atoms with Crippen molar-refractivity contribution in [2.24, 2.45) is 5.92 Å². The highest BCUT2D eigenvalue weighted by Crippen LogP contribution is 2.19. The highest BCUT2D eigenvalue weighted by atomic mass is 35.5. The molecule has 1 nitrogen and oxygen atoms in total. The van der Waals surface area contributed by atoms with E-state index in [9.17, 15) is 4.39 Å². The van der Waals surface area contributed by atoms with Crippen molar-refractivity contribution in [1.29, 1.82) is 0 Å². The molecule has 0 spiro atoms. The number of rotatable bonds is 5. The second kappa shape index (κ2) is 6.09. The molecule has 1 unspecified atom stereocenters. The third kappa shape index (κ3) is 4.84. The minimum atomic E-state index is -0.300. The molecule has 1 N–H and O–H groups in total. The van der Waals surface area contributed by atoms with E-state index >= 15 is 0 Å². The lowest BCUT2D eigenvalue weighted by Crippen LogP contribution is -2.15. The van der Waals surface area contributed by atoms with Gasteiger partial charge in [-0.3, -0.25) is 0 Å². The van der Waals surface area contributed by atoms with Gasteiger partial charge < -0.3 is 5.32 Å². The third-order valence-electron chi connectivity index (χ3n) is 2.45. The smallest absolute Gasteiger partial charge is 0.126 e. The molecule has 3 heteroatoms. The third-order valence-corrected chi connectivity index (χ3v) is 2.67. The van der Waals surface area contributed by atoms with E-state index in [0.29, 0.717) is 17.0 Å². The van der Waals surface area contributed by atoms with Crippen LogP contribution in [0.2, 0.25) is 5.02 Å². The maximum atomic E-state index is 13.1. The summed E-state index contributed by atoms with van der Waals surface area (Å²) in [6.07, 6.45) is 2.24. The van der Waals surface area contributed by atoms with Gasteiger partial charge in [-0.2, -0.15) is 0 Å². The van der Waals surface area contributed by atoms with Crippen LogP contribution in [0.25, 0.3) is 0 Å². The summed E-state index contributed by atoms with van der Waals surface area (Å²) in [6.45, 7) is 6.50. The molecule has 16 heavy (non-hydrogen) atoms. The highest BCUT2D eigenvalue weighted by Gasteiger charge is 2.05. The average molecular weight is 244 g/mol. The molecule has 90 valence electrons. The fraction of sp³-hybridized carbons (Fsp3) is 0.538. The lowest BCUT2D eigenvalue weighted by atomic mass is 10.0. The van der Waals surface area contributed by atoms with Gasteiger partial charge in [0.2, 0.25) is 0 Å². The van der Waals surface area contributed by atoms with Gasteiger partial charge in [0.25, 0.3) is 0 Å². The van der Waals surface area contributed by atoms with Crippen molar-refractivity contribution >= 4 is 17.3 Å². The molecule has 1 aromatic carbocycles. The quantitative estimate of drug-likeness (QED) is 0.789. The van der Waals surface area contributed by atoms with Crippen LogP contribution in [-0.2, 0) is 0 Å². The van der Waals surface area contributed by atoms with Gasteiger partial charge in [0.15, 0.2) is 0 Å². The Bertz CT molecular complexity index is 318. The van der Waals surface area contributed by atoms with Crippen molar-refractivity contribution in [3.8, 4) is 0 Å². The minimum Gasteiger partial charge on any atom is -0.382 e. The summed E-state index contributed by atoms with van der Waals surface area (Å²) >= 11 is 5.78. The summed E-state index contributed by atoms with van der Waals surface area (Å²) in [4.78, 5) is 0. The van der Waals surface area contributed by atoms with Crippen LogP contribution < -0.4 is 5.32 Å². The van der Waals surface area contributed by atoms with Gasteiger partial charge in [0.1, 0.15) is 5.82 Å². The van der Waals surface area contributed by atoms with Crippen LogP contribution in [0.15, 0.2) is 18.2 Å². The zero-order valence-corrected chi connectivity index (χ0v) is 10.8. The predicted octanol–water partition coefficient (Wildman–Crippen LogP) is 4.72. The summed E-state index contributed by atoms with van der Waals surface area (Å²) in [7, 11) is 0. The molecule has 0 aromatic heterocycles. The van der Waals surface area contributed by atoms with Gasteiger partial charge in [0, 0.05) is 16.8 Å². The molecule has 1 aromatic rings. The number of hydrogen-bond acceptors (Lipinski definition) is 1. The summed E-state index contributed by atoms with van der Waals surface area (Å²) in [5.41, 5.74) is 0.751. The van der Waals surface area contributed by atoms with E-state index in [2.05, 4.69) is 26.1 Å². The average Bonchev–Trinajstić information content (AvgIpc) is 2.12. The second-order valence-electron chi connectivity index (χ2n) is 4.67. The fourth-order valence-electron chi connectivity index (χ4n) is 1.58. The number of benzene rings is 1. The molecule has 0 amide bonds. The van der Waals surface area contributed by atoms with E-state index in [1.54, 1.807) is 6.07 Å². The van der Waals surface area contributed by atoms with Crippen LogP contribution in [0.3, 0.4) is 0 Å². The Balaban J connectivity index is 2.52. The first kappa shape index (κ1) is 13.3. The van der Waals surface area contributed by atoms with Crippen molar-refractivity contribution in [3.05, 3.63) is 29.0 Å². The fourth-order valence-corrected chi connectivity index (χ4v) is 1.80. The first-order valence-electron chi connectivity index (χ1n) is 5.70. The van der Waals surface area contributed by atoms with Crippen LogP contribution >= 0.6 is 11.6 Å². The molecule has 0 saturated carbocycles. The Kier molecular flexibility index (Phi) is 5.07. The van der Waals surface area contributed by atoms with Crippen molar-refractivity contribution in [2.75, 3.05) is 5.32 Å². The maximum Gasteiger partial charge on any atom is 0.126 e. The zero-order valence-electron chi connectivity index (χ0n) is 10.1. The van der Waals surface area contributed by atoms with E-state index in [1.807, 2.05) is 0 Å². The van der Waals surface area contributed by atoms with Gasteiger partial charge in [-0.05, 0) is 43.9 Å². The van der Waals surface area contributed by atoms with Crippen LogP contribution in [0, 0.1) is 11.7 Å². The zero-order chi connectivity index (χ0) is 12.1. The molecule has 0 aliphatic rings. The van der Waals surface area contributed by atoms with Gasteiger partial charge in [0.05, 0.1) is 0 Å². The SMILES string of the molecule is CC(C)CCC(C)Nc1cc(F)cc(Cl)c1. The van der Waals surface area contributed by atoms with Crippen LogP contribution in [0.5, 0.6) is 0 Å². The molecule has 0 aliphatic carbocycles. The van der Waals surface area contributed by atoms with Crippen molar-refractivity contribution in [2.45, 2.75) is 39.7 Å². The van der Waals surface area contributed by atoms with Crippen molar-refractivity contribution < 1.29 is 4.39 Å². The predicted molar refractivity (Wildman–Crippen MR) is 68.6 cm³/mol. The van der Waals surface area contributed by atoms with E-state index in [-0.39, 0.29) is 5.82 Å². The van der Waals surface area contributed by atoms with Gasteiger partial charge in [-0.15, -0.1) is 0 Å². The largest absolute Gasteiger partial charge is 0.382 e. The topological polar surface area (TPSA) is 12.0 Å². The van der Waals surface area contributed by atoms with Crippen LogP contribution in [-0.4, -0.2) is 6.04 Å². The van der Waals surface area contributed by atoms with E-state index < -0.39 is 0 Å². The Morgan fingerprint density at radius 2 is 1.88 bits per heavy atom. The number of anilines is 1. The number of nitrogens with one attached hydrogen (secondary N) is 1. The number of halogens is 2. The molecule has 0 saturated heterocycles. The monoisotopic (exact) mass is 243 g/mol. The normalized spacial score (nSPS) is 12.9. The molecule has 0 fully saturated rings. The van der Waals surface area contributed by atoms with E-state index in [4.69, 9.17) is 11.6 Å². The Labute approximate surface area is 102 Å².